The first-order chi connectivity index (χ1) is 12.9. The van der Waals surface area contributed by atoms with Crippen LogP contribution in [0.3, 0.4) is 0 Å². The van der Waals surface area contributed by atoms with E-state index in [4.69, 9.17) is 26.3 Å². The lowest BCUT2D eigenvalue weighted by Gasteiger charge is -2.39. The van der Waals surface area contributed by atoms with Crippen molar-refractivity contribution < 1.29 is 28.2 Å². The Morgan fingerprint density at radius 2 is 1.78 bits per heavy atom. The molecule has 27 heavy (non-hydrogen) atoms. The van der Waals surface area contributed by atoms with Crippen LogP contribution in [0.2, 0.25) is 5.02 Å². The van der Waals surface area contributed by atoms with Crippen LogP contribution >= 0.6 is 11.6 Å². The van der Waals surface area contributed by atoms with Gasteiger partial charge in [-0.3, -0.25) is 0 Å². The molecule has 146 valence electrons. The molecule has 1 saturated heterocycles. The molecule has 0 saturated carbocycles. The van der Waals surface area contributed by atoms with Gasteiger partial charge < -0.3 is 19.8 Å². The third-order valence-corrected chi connectivity index (χ3v) is 7.49. The van der Waals surface area contributed by atoms with E-state index in [2.05, 4.69) is 0 Å². The number of ether oxygens (including phenoxy) is 2. The van der Waals surface area contributed by atoms with Crippen LogP contribution in [0.25, 0.3) is 0 Å². The summed E-state index contributed by atoms with van der Waals surface area (Å²) in [6.45, 7) is 0.349. The monoisotopic (exact) mass is 413 g/mol. The number of nitrogens with one attached hydrogen (secondary N) is 1. The van der Waals surface area contributed by atoms with Crippen molar-refractivity contribution in [1.29, 1.82) is 0 Å². The van der Waals surface area contributed by atoms with Crippen LogP contribution in [0.5, 0.6) is 11.5 Å². The van der Waals surface area contributed by atoms with Crippen molar-refractivity contribution in [1.82, 2.24) is 5.48 Å². The molecular weight excluding hydrogens is 394 g/mol. The standard InChI is InChI=1S/C18H20ClNO6S/c19-13-2-1-3-15(12-13)26-14-4-6-16(7-5-14)27(23,24)18(17(21)20-22)8-10-25-11-9-18/h1-7,12,17,20-22H,8-11H2. The second-order valence-electron chi connectivity index (χ2n) is 6.24. The molecule has 2 aromatic rings. The summed E-state index contributed by atoms with van der Waals surface area (Å²) in [7, 11) is -3.96. The Morgan fingerprint density at radius 3 is 2.37 bits per heavy atom. The van der Waals surface area contributed by atoms with Crippen LogP contribution in [-0.2, 0) is 14.6 Å². The second-order valence-corrected chi connectivity index (χ2v) is 8.97. The van der Waals surface area contributed by atoms with Gasteiger partial charge in [-0.25, -0.2) is 8.42 Å². The molecule has 0 spiro atoms. The van der Waals surface area contributed by atoms with Crippen LogP contribution in [0.15, 0.2) is 53.4 Å². The van der Waals surface area contributed by atoms with Gasteiger partial charge in [0.1, 0.15) is 22.5 Å². The summed E-state index contributed by atoms with van der Waals surface area (Å²) in [5.74, 6) is 0.969. The van der Waals surface area contributed by atoms with Gasteiger partial charge in [0.05, 0.1) is 4.90 Å². The lowest BCUT2D eigenvalue weighted by atomic mass is 9.97. The molecule has 1 aliphatic heterocycles. The Hall–Kier alpha value is -1.68. The van der Waals surface area contributed by atoms with E-state index in [9.17, 15) is 13.5 Å². The molecular formula is C18H20ClNO6S. The van der Waals surface area contributed by atoms with E-state index in [1.165, 1.54) is 24.3 Å². The normalized spacial score (nSPS) is 18.0. The third-order valence-electron chi connectivity index (χ3n) is 4.66. The summed E-state index contributed by atoms with van der Waals surface area (Å²) in [5, 5.41) is 19.9. The number of halogens is 1. The average molecular weight is 414 g/mol. The maximum Gasteiger partial charge on any atom is 0.188 e. The number of benzene rings is 2. The van der Waals surface area contributed by atoms with Gasteiger partial charge in [0.15, 0.2) is 9.84 Å². The van der Waals surface area contributed by atoms with Crippen LogP contribution in [0.1, 0.15) is 12.8 Å². The van der Waals surface area contributed by atoms with Crippen molar-refractivity contribution in [3.8, 4) is 11.5 Å². The zero-order chi connectivity index (χ0) is 19.5. The van der Waals surface area contributed by atoms with E-state index in [-0.39, 0.29) is 31.0 Å². The minimum absolute atomic E-state index is 0.0251. The Bertz CT molecular complexity index is 881. The average Bonchev–Trinajstić information content (AvgIpc) is 2.68. The highest BCUT2D eigenvalue weighted by Crippen LogP contribution is 2.37. The molecule has 0 aliphatic carbocycles. The number of hydrogen-bond donors (Lipinski definition) is 3. The summed E-state index contributed by atoms with van der Waals surface area (Å²) in [5.41, 5.74) is 1.68. The van der Waals surface area contributed by atoms with E-state index in [1.807, 2.05) is 0 Å². The molecule has 9 heteroatoms. The number of sulfone groups is 1. The molecule has 1 atom stereocenters. The van der Waals surface area contributed by atoms with E-state index >= 15 is 0 Å². The first kappa shape index (κ1) is 20.1. The summed E-state index contributed by atoms with van der Waals surface area (Å²) < 4.78 is 35.7. The predicted octanol–water partition coefficient (Wildman–Crippen LogP) is 2.75. The number of hydroxylamine groups is 1. The fourth-order valence-corrected chi connectivity index (χ4v) is 5.31. The van der Waals surface area contributed by atoms with Crippen LogP contribution < -0.4 is 10.2 Å². The topological polar surface area (TPSA) is 105 Å². The predicted molar refractivity (Wildman–Crippen MR) is 98.9 cm³/mol. The van der Waals surface area contributed by atoms with Crippen molar-refractivity contribution >= 4 is 21.4 Å². The van der Waals surface area contributed by atoms with E-state index < -0.39 is 20.8 Å². The molecule has 0 bridgehead atoms. The largest absolute Gasteiger partial charge is 0.457 e. The maximum absolute atomic E-state index is 13.2. The SMILES string of the molecule is O=S(=O)(c1ccc(Oc2cccc(Cl)c2)cc1)C1(C(O)NO)CCOCC1. The summed E-state index contributed by atoms with van der Waals surface area (Å²) in [6, 6.07) is 12.7. The second kappa shape index (κ2) is 8.14. The van der Waals surface area contributed by atoms with Gasteiger partial charge in [-0.15, -0.1) is 0 Å². The Balaban J connectivity index is 1.88. The molecule has 1 unspecified atom stereocenters. The van der Waals surface area contributed by atoms with Crippen molar-refractivity contribution in [3.05, 3.63) is 53.6 Å². The smallest absolute Gasteiger partial charge is 0.188 e. The molecule has 0 amide bonds. The van der Waals surface area contributed by atoms with E-state index in [0.29, 0.717) is 16.5 Å². The molecule has 1 heterocycles. The first-order valence-corrected chi connectivity index (χ1v) is 10.2. The van der Waals surface area contributed by atoms with Crippen LogP contribution in [-0.4, -0.2) is 42.9 Å². The van der Waals surface area contributed by atoms with Crippen LogP contribution in [0.4, 0.5) is 0 Å². The Morgan fingerprint density at radius 1 is 1.11 bits per heavy atom. The lowest BCUT2D eigenvalue weighted by Crippen LogP contribution is -2.57. The fraction of sp³-hybridized carbons (Fsp3) is 0.333. The van der Waals surface area contributed by atoms with Gasteiger partial charge in [0, 0.05) is 18.2 Å². The molecule has 2 aromatic carbocycles. The fourth-order valence-electron chi connectivity index (χ4n) is 3.11. The van der Waals surface area contributed by atoms with Gasteiger partial charge in [-0.05, 0) is 55.3 Å². The van der Waals surface area contributed by atoms with E-state index in [0.717, 1.165) is 0 Å². The highest BCUT2D eigenvalue weighted by Gasteiger charge is 2.51. The Kier molecular flexibility index (Phi) is 6.05. The minimum Gasteiger partial charge on any atom is -0.457 e. The summed E-state index contributed by atoms with van der Waals surface area (Å²) >= 11 is 5.92. The highest BCUT2D eigenvalue weighted by molar-refractivity contribution is 7.93. The first-order valence-electron chi connectivity index (χ1n) is 8.33. The van der Waals surface area contributed by atoms with E-state index in [1.54, 1.807) is 29.7 Å². The molecule has 1 aliphatic rings. The quantitative estimate of drug-likeness (QED) is 0.494. The Labute approximate surface area is 162 Å². The van der Waals surface area contributed by atoms with Crippen molar-refractivity contribution in [3.63, 3.8) is 0 Å². The molecule has 3 rings (SSSR count). The van der Waals surface area contributed by atoms with Crippen molar-refractivity contribution in [2.45, 2.75) is 28.7 Å². The summed E-state index contributed by atoms with van der Waals surface area (Å²) in [6.07, 6.45) is -1.51. The highest BCUT2D eigenvalue weighted by atomic mass is 35.5. The minimum atomic E-state index is -3.96. The number of rotatable bonds is 6. The molecule has 3 N–H and O–H groups in total. The number of aliphatic hydroxyl groups excluding tert-OH is 1. The van der Waals surface area contributed by atoms with Gasteiger partial charge in [-0.2, -0.15) is 5.48 Å². The zero-order valence-corrected chi connectivity index (χ0v) is 15.9. The van der Waals surface area contributed by atoms with Gasteiger partial charge in [0.2, 0.25) is 0 Å². The maximum atomic E-state index is 13.2. The summed E-state index contributed by atoms with van der Waals surface area (Å²) in [4.78, 5) is 0.0251. The molecule has 0 aromatic heterocycles. The third kappa shape index (κ3) is 3.96. The molecule has 0 radical (unpaired) electrons. The molecule has 7 nitrogen and oxygen atoms in total. The van der Waals surface area contributed by atoms with Gasteiger partial charge >= 0.3 is 0 Å². The van der Waals surface area contributed by atoms with Gasteiger partial charge in [-0.1, -0.05) is 17.7 Å². The van der Waals surface area contributed by atoms with Gasteiger partial charge in [0.25, 0.3) is 0 Å². The number of aliphatic hydroxyl groups is 1. The van der Waals surface area contributed by atoms with Crippen LogP contribution in [0, 0.1) is 0 Å². The molecule has 1 fully saturated rings. The number of hydrogen-bond acceptors (Lipinski definition) is 7. The lowest BCUT2D eigenvalue weighted by molar-refractivity contribution is -0.0541. The zero-order valence-electron chi connectivity index (χ0n) is 14.3. The van der Waals surface area contributed by atoms with Crippen molar-refractivity contribution in [2.75, 3.05) is 13.2 Å². The van der Waals surface area contributed by atoms with Crippen molar-refractivity contribution in [2.24, 2.45) is 0 Å².